The van der Waals surface area contributed by atoms with Crippen LogP contribution in [-0.4, -0.2) is 5.97 Å². The Morgan fingerprint density at radius 3 is 2.41 bits per heavy atom. The molecule has 0 atom stereocenters. The first-order valence-electron chi connectivity index (χ1n) is 10.8. The zero-order valence-electron chi connectivity index (χ0n) is 17.8. The molecule has 3 heteroatoms. The minimum Gasteiger partial charge on any atom is -0.424 e. The summed E-state index contributed by atoms with van der Waals surface area (Å²) < 4.78 is 5.88. The van der Waals surface area contributed by atoms with E-state index in [1.165, 1.54) is 5.56 Å². The van der Waals surface area contributed by atoms with Gasteiger partial charge in [0.15, 0.2) is 0 Å². The maximum atomic E-state index is 13.4. The summed E-state index contributed by atoms with van der Waals surface area (Å²) in [6.07, 6.45) is 6.76. The van der Waals surface area contributed by atoms with Crippen molar-refractivity contribution in [3.63, 3.8) is 0 Å². The van der Waals surface area contributed by atoms with Gasteiger partial charge in [-0.3, -0.25) is 4.79 Å². The third-order valence-electron chi connectivity index (χ3n) is 6.08. The first-order valence-corrected chi connectivity index (χ1v) is 10.8. The first kappa shape index (κ1) is 21.1. The van der Waals surface area contributed by atoms with Crippen molar-refractivity contribution in [3.05, 3.63) is 64.7 Å². The highest BCUT2D eigenvalue weighted by atomic mass is 16.5. The number of benzene rings is 2. The van der Waals surface area contributed by atoms with Crippen LogP contribution in [0.3, 0.4) is 0 Å². The normalized spacial score (nSPS) is 15.7. The SMILES string of the molecule is Cc1ccc(C2(C(=O)Oc3ccc(CCC(C)C)cc3C#N)CCCCC2)cc1. The highest BCUT2D eigenvalue weighted by Crippen LogP contribution is 2.41. The van der Waals surface area contributed by atoms with Crippen LogP contribution in [0.4, 0.5) is 0 Å². The molecule has 0 aromatic heterocycles. The van der Waals surface area contributed by atoms with E-state index >= 15 is 0 Å². The van der Waals surface area contributed by atoms with E-state index < -0.39 is 5.41 Å². The molecule has 0 heterocycles. The van der Waals surface area contributed by atoms with Gasteiger partial charge in [0.1, 0.15) is 11.8 Å². The van der Waals surface area contributed by atoms with Crippen molar-refractivity contribution in [1.82, 2.24) is 0 Å². The maximum Gasteiger partial charge on any atom is 0.321 e. The Morgan fingerprint density at radius 1 is 1.10 bits per heavy atom. The molecule has 0 saturated heterocycles. The van der Waals surface area contributed by atoms with Gasteiger partial charge in [0.25, 0.3) is 0 Å². The first-order chi connectivity index (χ1) is 13.9. The molecule has 0 spiro atoms. The molecule has 1 saturated carbocycles. The van der Waals surface area contributed by atoms with E-state index in [0.29, 0.717) is 17.2 Å². The van der Waals surface area contributed by atoms with Gasteiger partial charge in [-0.25, -0.2) is 0 Å². The van der Waals surface area contributed by atoms with Crippen molar-refractivity contribution >= 4 is 5.97 Å². The molecular weight excluding hydrogens is 358 g/mol. The number of aryl methyl sites for hydroxylation is 2. The molecule has 0 N–H and O–H groups in total. The van der Waals surface area contributed by atoms with Crippen LogP contribution in [-0.2, 0) is 16.6 Å². The third-order valence-corrected chi connectivity index (χ3v) is 6.08. The van der Waals surface area contributed by atoms with E-state index in [1.54, 1.807) is 6.07 Å². The smallest absolute Gasteiger partial charge is 0.321 e. The Kier molecular flexibility index (Phi) is 6.75. The Balaban J connectivity index is 1.86. The fraction of sp³-hybridized carbons (Fsp3) is 0.462. The summed E-state index contributed by atoms with van der Waals surface area (Å²) in [6.45, 7) is 6.43. The summed E-state index contributed by atoms with van der Waals surface area (Å²) in [6, 6.07) is 16.1. The minimum absolute atomic E-state index is 0.229. The van der Waals surface area contributed by atoms with Crippen LogP contribution in [0.5, 0.6) is 5.75 Å². The van der Waals surface area contributed by atoms with Gasteiger partial charge in [-0.2, -0.15) is 5.26 Å². The molecule has 152 valence electrons. The maximum absolute atomic E-state index is 13.4. The van der Waals surface area contributed by atoms with Crippen molar-refractivity contribution in [2.24, 2.45) is 5.92 Å². The third kappa shape index (κ3) is 4.88. The summed E-state index contributed by atoms with van der Waals surface area (Å²) in [4.78, 5) is 13.4. The predicted molar refractivity (Wildman–Crippen MR) is 116 cm³/mol. The van der Waals surface area contributed by atoms with Gasteiger partial charge in [-0.05, 0) is 61.8 Å². The van der Waals surface area contributed by atoms with Crippen molar-refractivity contribution in [2.45, 2.75) is 71.1 Å². The highest BCUT2D eigenvalue weighted by molar-refractivity contribution is 5.85. The van der Waals surface area contributed by atoms with E-state index in [4.69, 9.17) is 4.74 Å². The van der Waals surface area contributed by atoms with Crippen LogP contribution >= 0.6 is 0 Å². The van der Waals surface area contributed by atoms with Gasteiger partial charge in [0, 0.05) is 0 Å². The molecule has 29 heavy (non-hydrogen) atoms. The standard InChI is InChI=1S/C26H31NO2/c1-19(2)7-10-21-11-14-24(22(17-21)18-27)29-25(28)26(15-5-4-6-16-26)23-12-8-20(3)9-13-23/h8-9,11-14,17,19H,4-7,10,15-16H2,1-3H3. The fourth-order valence-electron chi connectivity index (χ4n) is 4.20. The van der Waals surface area contributed by atoms with Gasteiger partial charge in [0.2, 0.25) is 0 Å². The van der Waals surface area contributed by atoms with Gasteiger partial charge in [-0.15, -0.1) is 0 Å². The molecule has 2 aromatic carbocycles. The minimum atomic E-state index is -0.616. The van der Waals surface area contributed by atoms with Crippen LogP contribution in [0.2, 0.25) is 0 Å². The molecule has 0 bridgehead atoms. The molecule has 0 aliphatic heterocycles. The molecular formula is C26H31NO2. The van der Waals surface area contributed by atoms with E-state index in [1.807, 2.05) is 12.1 Å². The summed E-state index contributed by atoms with van der Waals surface area (Å²) in [7, 11) is 0. The Labute approximate surface area is 174 Å². The zero-order chi connectivity index (χ0) is 20.9. The van der Waals surface area contributed by atoms with Gasteiger partial charge < -0.3 is 4.74 Å². The number of carbonyl (C=O) groups is 1. The lowest BCUT2D eigenvalue weighted by atomic mass is 9.69. The molecule has 3 nitrogen and oxygen atoms in total. The molecule has 3 rings (SSSR count). The Morgan fingerprint density at radius 2 is 1.79 bits per heavy atom. The lowest BCUT2D eigenvalue weighted by molar-refractivity contribution is -0.142. The van der Waals surface area contributed by atoms with Crippen molar-refractivity contribution in [1.29, 1.82) is 5.26 Å². The topological polar surface area (TPSA) is 50.1 Å². The van der Waals surface area contributed by atoms with E-state index in [0.717, 1.165) is 56.1 Å². The second-order valence-corrected chi connectivity index (χ2v) is 8.77. The van der Waals surface area contributed by atoms with Crippen LogP contribution in [0.15, 0.2) is 42.5 Å². The second kappa shape index (κ2) is 9.27. The lowest BCUT2D eigenvalue weighted by Gasteiger charge is -2.35. The monoisotopic (exact) mass is 389 g/mol. The number of nitrogens with zero attached hydrogens (tertiary/aromatic N) is 1. The summed E-state index contributed by atoms with van der Waals surface area (Å²) in [5, 5.41) is 9.61. The summed E-state index contributed by atoms with van der Waals surface area (Å²) >= 11 is 0. The molecule has 0 amide bonds. The fourth-order valence-corrected chi connectivity index (χ4v) is 4.20. The number of ether oxygens (including phenoxy) is 1. The van der Waals surface area contributed by atoms with Crippen LogP contribution in [0.25, 0.3) is 0 Å². The number of esters is 1. The molecule has 1 aliphatic carbocycles. The summed E-state index contributed by atoms with van der Waals surface area (Å²) in [5.74, 6) is 0.758. The Hall–Kier alpha value is -2.60. The average molecular weight is 390 g/mol. The molecule has 2 aromatic rings. The molecule has 1 fully saturated rings. The van der Waals surface area contributed by atoms with Crippen molar-refractivity contribution < 1.29 is 9.53 Å². The quantitative estimate of drug-likeness (QED) is 0.432. The van der Waals surface area contributed by atoms with Crippen LogP contribution in [0, 0.1) is 24.2 Å². The molecule has 0 radical (unpaired) electrons. The van der Waals surface area contributed by atoms with Crippen LogP contribution in [0.1, 0.15) is 74.6 Å². The highest BCUT2D eigenvalue weighted by Gasteiger charge is 2.43. The zero-order valence-corrected chi connectivity index (χ0v) is 17.8. The second-order valence-electron chi connectivity index (χ2n) is 8.77. The summed E-state index contributed by atoms with van der Waals surface area (Å²) in [5.41, 5.74) is 3.14. The van der Waals surface area contributed by atoms with Gasteiger partial charge >= 0.3 is 5.97 Å². The number of hydrogen-bond acceptors (Lipinski definition) is 3. The van der Waals surface area contributed by atoms with E-state index in [9.17, 15) is 10.1 Å². The van der Waals surface area contributed by atoms with Crippen LogP contribution < -0.4 is 4.74 Å². The number of nitriles is 1. The lowest BCUT2D eigenvalue weighted by Crippen LogP contribution is -2.41. The number of hydrogen-bond donors (Lipinski definition) is 0. The average Bonchev–Trinajstić information content (AvgIpc) is 2.73. The van der Waals surface area contributed by atoms with E-state index in [-0.39, 0.29) is 5.97 Å². The predicted octanol–water partition coefficient (Wildman–Crippen LogP) is 6.26. The van der Waals surface area contributed by atoms with E-state index in [2.05, 4.69) is 51.1 Å². The number of carbonyl (C=O) groups excluding carboxylic acids is 1. The van der Waals surface area contributed by atoms with Gasteiger partial charge in [0.05, 0.1) is 11.0 Å². The van der Waals surface area contributed by atoms with Gasteiger partial charge in [-0.1, -0.05) is 69.0 Å². The Bertz CT molecular complexity index is 884. The largest absolute Gasteiger partial charge is 0.424 e. The molecule has 1 aliphatic rings. The van der Waals surface area contributed by atoms with Crippen molar-refractivity contribution in [2.75, 3.05) is 0 Å². The van der Waals surface area contributed by atoms with Crippen molar-refractivity contribution in [3.8, 4) is 11.8 Å². The molecule has 0 unspecified atom stereocenters. The number of rotatable bonds is 6.